The van der Waals surface area contributed by atoms with Crippen molar-refractivity contribution in [3.05, 3.63) is 0 Å². The summed E-state index contributed by atoms with van der Waals surface area (Å²) in [6, 6.07) is 0.336. The van der Waals surface area contributed by atoms with E-state index in [1.54, 1.807) is 0 Å². The predicted octanol–water partition coefficient (Wildman–Crippen LogP) is 2.89. The summed E-state index contributed by atoms with van der Waals surface area (Å²) in [6.45, 7) is 4.56. The third-order valence-electron chi connectivity index (χ3n) is 3.23. The zero-order valence-electron chi connectivity index (χ0n) is 11.2. The minimum absolute atomic E-state index is 0.329. The fraction of sp³-hybridized carbons (Fsp3) is 0.923. The van der Waals surface area contributed by atoms with Gasteiger partial charge in [0.15, 0.2) is 0 Å². The van der Waals surface area contributed by atoms with Crippen molar-refractivity contribution in [3.63, 3.8) is 0 Å². The van der Waals surface area contributed by atoms with Crippen LogP contribution < -0.4 is 5.32 Å². The van der Waals surface area contributed by atoms with E-state index in [1.807, 2.05) is 0 Å². The van der Waals surface area contributed by atoms with Gasteiger partial charge in [-0.25, -0.2) is 4.79 Å². The highest BCUT2D eigenvalue weighted by molar-refractivity contribution is 5.79. The van der Waals surface area contributed by atoms with Crippen molar-refractivity contribution in [2.45, 2.75) is 70.4 Å². The van der Waals surface area contributed by atoms with Gasteiger partial charge in [-0.05, 0) is 12.8 Å². The third kappa shape index (κ3) is 4.52. The average molecular weight is 263 g/mol. The Morgan fingerprint density at radius 2 is 2.11 bits per heavy atom. The molecule has 1 rings (SSSR count). The lowest BCUT2D eigenvalue weighted by atomic mass is 10.0. The SMILES string of the molecule is CCCCC(CCC)NCC1CC(F)(F)C(=O)O1. The Bertz CT molecular complexity index is 272. The first-order valence-electron chi connectivity index (χ1n) is 6.81. The van der Waals surface area contributed by atoms with Crippen molar-refractivity contribution in [3.8, 4) is 0 Å². The molecule has 106 valence electrons. The molecule has 2 unspecified atom stereocenters. The summed E-state index contributed by atoms with van der Waals surface area (Å²) in [5.74, 6) is -4.68. The molecule has 1 N–H and O–H groups in total. The highest BCUT2D eigenvalue weighted by Crippen LogP contribution is 2.30. The summed E-state index contributed by atoms with van der Waals surface area (Å²) in [5.41, 5.74) is 0. The van der Waals surface area contributed by atoms with Crippen molar-refractivity contribution in [1.82, 2.24) is 5.32 Å². The van der Waals surface area contributed by atoms with Crippen LogP contribution in [-0.2, 0) is 9.53 Å². The second-order valence-electron chi connectivity index (χ2n) is 4.97. The highest BCUT2D eigenvalue weighted by Gasteiger charge is 2.50. The number of esters is 1. The molecule has 1 aliphatic rings. The summed E-state index contributed by atoms with van der Waals surface area (Å²) in [7, 11) is 0. The molecule has 0 radical (unpaired) electrons. The van der Waals surface area contributed by atoms with E-state index in [0.29, 0.717) is 12.6 Å². The molecule has 1 aliphatic heterocycles. The van der Waals surface area contributed by atoms with Gasteiger partial charge in [0.05, 0.1) is 6.42 Å². The first-order valence-corrected chi connectivity index (χ1v) is 6.81. The van der Waals surface area contributed by atoms with Crippen molar-refractivity contribution in [2.24, 2.45) is 0 Å². The minimum Gasteiger partial charge on any atom is -0.456 e. The zero-order chi connectivity index (χ0) is 13.6. The first kappa shape index (κ1) is 15.3. The lowest BCUT2D eigenvalue weighted by Crippen LogP contribution is -2.35. The largest absolute Gasteiger partial charge is 0.456 e. The van der Waals surface area contributed by atoms with Gasteiger partial charge in [0.25, 0.3) is 0 Å². The molecule has 3 nitrogen and oxygen atoms in total. The van der Waals surface area contributed by atoms with Crippen LogP contribution in [0.25, 0.3) is 0 Å². The molecular formula is C13H23F2NO2. The van der Waals surface area contributed by atoms with Gasteiger partial charge in [0, 0.05) is 12.6 Å². The molecule has 0 saturated carbocycles. The van der Waals surface area contributed by atoms with Crippen LogP contribution in [0, 0.1) is 0 Å². The predicted molar refractivity (Wildman–Crippen MR) is 65.7 cm³/mol. The Balaban J connectivity index is 2.32. The molecule has 0 spiro atoms. The number of cyclic esters (lactones) is 1. The highest BCUT2D eigenvalue weighted by atomic mass is 19.3. The van der Waals surface area contributed by atoms with Gasteiger partial charge < -0.3 is 10.1 Å². The third-order valence-corrected chi connectivity index (χ3v) is 3.23. The molecule has 1 saturated heterocycles. The van der Waals surface area contributed by atoms with Crippen LogP contribution in [0.5, 0.6) is 0 Å². The summed E-state index contributed by atoms with van der Waals surface area (Å²) in [6.07, 6.45) is 4.19. The molecule has 0 aromatic rings. The van der Waals surface area contributed by atoms with Gasteiger partial charge in [0.2, 0.25) is 0 Å². The van der Waals surface area contributed by atoms with E-state index in [0.717, 1.165) is 32.1 Å². The van der Waals surface area contributed by atoms with E-state index in [9.17, 15) is 13.6 Å². The average Bonchev–Trinajstić information content (AvgIpc) is 2.57. The lowest BCUT2D eigenvalue weighted by Gasteiger charge is -2.19. The van der Waals surface area contributed by atoms with Crippen LogP contribution in [0.15, 0.2) is 0 Å². The second-order valence-corrected chi connectivity index (χ2v) is 4.97. The molecule has 2 atom stereocenters. The summed E-state index contributed by atoms with van der Waals surface area (Å²) < 4.78 is 30.6. The summed E-state index contributed by atoms with van der Waals surface area (Å²) in [5, 5.41) is 3.25. The van der Waals surface area contributed by atoms with Gasteiger partial charge in [-0.2, -0.15) is 8.78 Å². The van der Waals surface area contributed by atoms with Gasteiger partial charge in [-0.3, -0.25) is 0 Å². The van der Waals surface area contributed by atoms with Crippen LogP contribution in [0.3, 0.4) is 0 Å². The standard InChI is InChI=1S/C13H23F2NO2/c1-3-5-7-10(6-4-2)16-9-11-8-13(14,15)12(17)18-11/h10-11,16H,3-9H2,1-2H3. The summed E-state index contributed by atoms with van der Waals surface area (Å²) >= 11 is 0. The van der Waals surface area contributed by atoms with E-state index in [-0.39, 0.29) is 0 Å². The number of nitrogens with one attached hydrogen (secondary N) is 1. The van der Waals surface area contributed by atoms with Crippen molar-refractivity contribution in [2.75, 3.05) is 6.54 Å². The lowest BCUT2D eigenvalue weighted by molar-refractivity contribution is -0.159. The van der Waals surface area contributed by atoms with Crippen LogP contribution in [0.2, 0.25) is 0 Å². The fourth-order valence-corrected chi connectivity index (χ4v) is 2.21. The van der Waals surface area contributed by atoms with Gasteiger partial charge >= 0.3 is 11.9 Å². The Labute approximate surface area is 107 Å². The van der Waals surface area contributed by atoms with E-state index in [4.69, 9.17) is 0 Å². The molecule has 0 amide bonds. The van der Waals surface area contributed by atoms with Crippen LogP contribution in [-0.4, -0.2) is 30.6 Å². The van der Waals surface area contributed by atoms with Gasteiger partial charge in [0.1, 0.15) is 6.10 Å². The van der Waals surface area contributed by atoms with E-state index in [2.05, 4.69) is 23.9 Å². The maximum absolute atomic E-state index is 13.0. The van der Waals surface area contributed by atoms with Crippen LogP contribution >= 0.6 is 0 Å². The number of unbranched alkanes of at least 4 members (excludes halogenated alkanes) is 1. The molecule has 0 aromatic carbocycles. The number of carbonyl (C=O) groups is 1. The fourth-order valence-electron chi connectivity index (χ4n) is 2.21. The monoisotopic (exact) mass is 263 g/mol. The van der Waals surface area contributed by atoms with Crippen molar-refractivity contribution in [1.29, 1.82) is 0 Å². The molecule has 0 aliphatic carbocycles. The molecule has 0 aromatic heterocycles. The molecule has 1 heterocycles. The number of hydrogen-bond acceptors (Lipinski definition) is 3. The van der Waals surface area contributed by atoms with Crippen molar-refractivity contribution >= 4 is 5.97 Å². The second kappa shape index (κ2) is 7.02. The van der Waals surface area contributed by atoms with E-state index < -0.39 is 24.4 Å². The normalized spacial score (nSPS) is 24.0. The number of carbonyl (C=O) groups excluding carboxylic acids is 1. The quantitative estimate of drug-likeness (QED) is 0.684. The molecule has 1 fully saturated rings. The summed E-state index contributed by atoms with van der Waals surface area (Å²) in [4.78, 5) is 10.8. The molecule has 18 heavy (non-hydrogen) atoms. The molecule has 0 bridgehead atoms. The Hall–Kier alpha value is -0.710. The van der Waals surface area contributed by atoms with E-state index >= 15 is 0 Å². The van der Waals surface area contributed by atoms with Crippen LogP contribution in [0.1, 0.15) is 52.4 Å². The topological polar surface area (TPSA) is 38.3 Å². The number of halogens is 2. The molecule has 5 heteroatoms. The maximum atomic E-state index is 13.0. The van der Waals surface area contributed by atoms with Crippen LogP contribution in [0.4, 0.5) is 8.78 Å². The Morgan fingerprint density at radius 1 is 1.39 bits per heavy atom. The first-order chi connectivity index (χ1) is 8.49. The van der Waals surface area contributed by atoms with Gasteiger partial charge in [-0.15, -0.1) is 0 Å². The number of ether oxygens (including phenoxy) is 1. The Kier molecular flexibility index (Phi) is 5.99. The zero-order valence-corrected chi connectivity index (χ0v) is 11.2. The maximum Gasteiger partial charge on any atom is 0.377 e. The smallest absolute Gasteiger partial charge is 0.377 e. The van der Waals surface area contributed by atoms with E-state index in [1.165, 1.54) is 0 Å². The van der Waals surface area contributed by atoms with Crippen molar-refractivity contribution < 1.29 is 18.3 Å². The minimum atomic E-state index is -3.30. The van der Waals surface area contributed by atoms with Gasteiger partial charge in [-0.1, -0.05) is 33.1 Å². The Morgan fingerprint density at radius 3 is 2.61 bits per heavy atom. The number of rotatable bonds is 8. The number of hydrogen-bond donors (Lipinski definition) is 1. The molecular weight excluding hydrogens is 240 g/mol. The number of alkyl halides is 2.